The first-order valence-corrected chi connectivity index (χ1v) is 9.43. The van der Waals surface area contributed by atoms with Crippen LogP contribution in [0.3, 0.4) is 0 Å². The highest BCUT2D eigenvalue weighted by Gasteiger charge is 2.04. The Bertz CT molecular complexity index is 859. The predicted octanol–water partition coefficient (Wildman–Crippen LogP) is 5.14. The number of aryl methyl sites for hydroxylation is 1. The minimum atomic E-state index is 0.484. The van der Waals surface area contributed by atoms with Gasteiger partial charge in [0.15, 0.2) is 0 Å². The van der Waals surface area contributed by atoms with E-state index in [4.69, 9.17) is 14.2 Å². The fourth-order valence-electron chi connectivity index (χ4n) is 2.81. The molecule has 0 aliphatic carbocycles. The van der Waals surface area contributed by atoms with Crippen molar-refractivity contribution in [3.63, 3.8) is 0 Å². The van der Waals surface area contributed by atoms with Crippen molar-refractivity contribution in [3.8, 4) is 11.5 Å². The zero-order chi connectivity index (χ0) is 19.1. The summed E-state index contributed by atoms with van der Waals surface area (Å²) < 4.78 is 17.2. The smallest absolute Gasteiger partial charge is 0.145 e. The van der Waals surface area contributed by atoms with E-state index in [1.807, 2.05) is 43.3 Å². The summed E-state index contributed by atoms with van der Waals surface area (Å²) in [6, 6.07) is 18.3. The van der Waals surface area contributed by atoms with Crippen LogP contribution in [-0.2, 0) is 4.74 Å². The predicted molar refractivity (Wildman–Crippen MR) is 109 cm³/mol. The summed E-state index contributed by atoms with van der Waals surface area (Å²) >= 11 is 0. The van der Waals surface area contributed by atoms with Gasteiger partial charge in [0, 0.05) is 11.1 Å². The normalized spacial score (nSPS) is 11.1. The number of fused-ring (bicyclic) bond motifs is 1. The van der Waals surface area contributed by atoms with Crippen LogP contribution in [0.1, 0.15) is 31.0 Å². The molecule has 1 aromatic heterocycles. The highest BCUT2D eigenvalue weighted by atomic mass is 16.5. The monoisotopic (exact) mass is 365 g/mol. The van der Waals surface area contributed by atoms with E-state index in [1.165, 1.54) is 5.56 Å². The first-order valence-electron chi connectivity index (χ1n) is 9.43. The Kier molecular flexibility index (Phi) is 6.66. The molecule has 0 N–H and O–H groups in total. The van der Waals surface area contributed by atoms with Crippen molar-refractivity contribution in [1.82, 2.24) is 4.98 Å². The van der Waals surface area contributed by atoms with Gasteiger partial charge in [-0.2, -0.15) is 0 Å². The average molecular weight is 365 g/mol. The van der Waals surface area contributed by atoms with E-state index >= 15 is 0 Å². The standard InChI is InChI=1S/C23H27NO3/c1-17(2)19-9-11-21(12-10-19)26-15-13-25-14-16-27-22-6-4-5-20-8-7-18(3)24-23(20)22/h4-12,17H,13-16H2,1-3H3. The topological polar surface area (TPSA) is 40.6 Å². The number of benzene rings is 2. The quantitative estimate of drug-likeness (QED) is 0.492. The van der Waals surface area contributed by atoms with E-state index in [-0.39, 0.29) is 0 Å². The molecule has 0 spiro atoms. The number of nitrogens with zero attached hydrogens (tertiary/aromatic N) is 1. The molecule has 0 bridgehead atoms. The number of rotatable bonds is 9. The van der Waals surface area contributed by atoms with Crippen molar-refractivity contribution in [2.24, 2.45) is 0 Å². The van der Waals surface area contributed by atoms with Crippen molar-refractivity contribution in [2.75, 3.05) is 26.4 Å². The summed E-state index contributed by atoms with van der Waals surface area (Å²) in [4.78, 5) is 4.57. The van der Waals surface area contributed by atoms with Crippen LogP contribution in [0.25, 0.3) is 10.9 Å². The maximum absolute atomic E-state index is 5.85. The van der Waals surface area contributed by atoms with Gasteiger partial charge in [-0.05, 0) is 42.7 Å². The van der Waals surface area contributed by atoms with E-state index in [2.05, 4.69) is 37.0 Å². The summed E-state index contributed by atoms with van der Waals surface area (Å²) in [6.45, 7) is 8.39. The van der Waals surface area contributed by atoms with Gasteiger partial charge in [0.05, 0.1) is 13.2 Å². The number of hydrogen-bond acceptors (Lipinski definition) is 4. The number of ether oxygens (including phenoxy) is 3. The van der Waals surface area contributed by atoms with Crippen molar-refractivity contribution >= 4 is 10.9 Å². The summed E-state index contributed by atoms with van der Waals surface area (Å²) in [5, 5.41) is 1.08. The Morgan fingerprint density at radius 1 is 0.815 bits per heavy atom. The van der Waals surface area contributed by atoms with Gasteiger partial charge in [0.1, 0.15) is 30.2 Å². The van der Waals surface area contributed by atoms with E-state index < -0.39 is 0 Å². The van der Waals surface area contributed by atoms with Gasteiger partial charge in [-0.3, -0.25) is 0 Å². The second-order valence-corrected chi connectivity index (χ2v) is 6.81. The Morgan fingerprint density at radius 2 is 1.56 bits per heavy atom. The molecule has 0 aliphatic heterocycles. The molecule has 0 fully saturated rings. The summed E-state index contributed by atoms with van der Waals surface area (Å²) in [6.07, 6.45) is 0. The highest BCUT2D eigenvalue weighted by Crippen LogP contribution is 2.23. The van der Waals surface area contributed by atoms with E-state index in [0.717, 1.165) is 28.1 Å². The lowest BCUT2D eigenvalue weighted by atomic mass is 10.0. The first kappa shape index (κ1) is 19.2. The van der Waals surface area contributed by atoms with Crippen molar-refractivity contribution in [3.05, 3.63) is 65.9 Å². The van der Waals surface area contributed by atoms with E-state index in [9.17, 15) is 0 Å². The molecule has 0 aliphatic rings. The Labute approximate surface area is 161 Å². The van der Waals surface area contributed by atoms with Crippen LogP contribution in [-0.4, -0.2) is 31.4 Å². The Morgan fingerprint density at radius 3 is 2.30 bits per heavy atom. The van der Waals surface area contributed by atoms with E-state index in [1.54, 1.807) is 0 Å². The van der Waals surface area contributed by atoms with Crippen LogP contribution < -0.4 is 9.47 Å². The third-order valence-electron chi connectivity index (χ3n) is 4.35. The highest BCUT2D eigenvalue weighted by molar-refractivity contribution is 5.84. The average Bonchev–Trinajstić information content (AvgIpc) is 2.67. The van der Waals surface area contributed by atoms with Crippen LogP contribution in [0.5, 0.6) is 11.5 Å². The molecule has 0 atom stereocenters. The van der Waals surface area contributed by atoms with Crippen LogP contribution >= 0.6 is 0 Å². The van der Waals surface area contributed by atoms with Gasteiger partial charge in [0.2, 0.25) is 0 Å². The molecule has 3 rings (SSSR count). The molecule has 27 heavy (non-hydrogen) atoms. The van der Waals surface area contributed by atoms with Crippen molar-refractivity contribution in [1.29, 1.82) is 0 Å². The van der Waals surface area contributed by atoms with Gasteiger partial charge in [0.25, 0.3) is 0 Å². The molecule has 0 amide bonds. The second-order valence-electron chi connectivity index (χ2n) is 6.81. The molecule has 3 aromatic rings. The lowest BCUT2D eigenvalue weighted by molar-refractivity contribution is 0.0767. The van der Waals surface area contributed by atoms with Crippen molar-refractivity contribution in [2.45, 2.75) is 26.7 Å². The molecule has 1 heterocycles. The Hall–Kier alpha value is -2.59. The third-order valence-corrected chi connectivity index (χ3v) is 4.35. The molecule has 0 saturated carbocycles. The van der Waals surface area contributed by atoms with Crippen LogP contribution in [0.2, 0.25) is 0 Å². The van der Waals surface area contributed by atoms with Gasteiger partial charge in [-0.15, -0.1) is 0 Å². The Balaban J connectivity index is 1.37. The molecule has 4 nitrogen and oxygen atoms in total. The molecular formula is C23H27NO3. The van der Waals surface area contributed by atoms with Crippen LogP contribution in [0.15, 0.2) is 54.6 Å². The minimum Gasteiger partial charge on any atom is -0.491 e. The summed E-state index contributed by atoms with van der Waals surface area (Å²) in [7, 11) is 0. The fourth-order valence-corrected chi connectivity index (χ4v) is 2.81. The van der Waals surface area contributed by atoms with Gasteiger partial charge in [-0.25, -0.2) is 4.98 Å². The molecule has 0 unspecified atom stereocenters. The minimum absolute atomic E-state index is 0.484. The second kappa shape index (κ2) is 9.38. The fraction of sp³-hybridized carbons (Fsp3) is 0.348. The molecular weight excluding hydrogens is 338 g/mol. The third kappa shape index (κ3) is 5.44. The molecule has 4 heteroatoms. The zero-order valence-corrected chi connectivity index (χ0v) is 16.3. The number of para-hydroxylation sites is 1. The summed E-state index contributed by atoms with van der Waals surface area (Å²) in [5.74, 6) is 2.20. The molecule has 142 valence electrons. The molecule has 2 aromatic carbocycles. The largest absolute Gasteiger partial charge is 0.491 e. The van der Waals surface area contributed by atoms with Crippen LogP contribution in [0, 0.1) is 6.92 Å². The number of aromatic nitrogens is 1. The van der Waals surface area contributed by atoms with Crippen LogP contribution in [0.4, 0.5) is 0 Å². The maximum Gasteiger partial charge on any atom is 0.145 e. The molecule has 0 saturated heterocycles. The molecule has 0 radical (unpaired) electrons. The van der Waals surface area contributed by atoms with Gasteiger partial charge < -0.3 is 14.2 Å². The number of pyridine rings is 1. The first-order chi connectivity index (χ1) is 13.1. The lowest BCUT2D eigenvalue weighted by Gasteiger charge is -2.11. The van der Waals surface area contributed by atoms with Gasteiger partial charge in [-0.1, -0.05) is 44.2 Å². The van der Waals surface area contributed by atoms with Crippen molar-refractivity contribution < 1.29 is 14.2 Å². The SMILES string of the molecule is Cc1ccc2cccc(OCCOCCOc3ccc(C(C)C)cc3)c2n1. The lowest BCUT2D eigenvalue weighted by Crippen LogP contribution is -2.12. The van der Waals surface area contributed by atoms with E-state index in [0.29, 0.717) is 32.3 Å². The summed E-state index contributed by atoms with van der Waals surface area (Å²) in [5.41, 5.74) is 3.19. The maximum atomic E-state index is 5.85. The number of hydrogen-bond donors (Lipinski definition) is 0. The van der Waals surface area contributed by atoms with Gasteiger partial charge >= 0.3 is 0 Å². The zero-order valence-electron chi connectivity index (χ0n) is 16.3.